The first kappa shape index (κ1) is 10.7. The topological polar surface area (TPSA) is 35.5 Å². The molecule has 0 unspecified atom stereocenters. The number of ether oxygens (including phenoxy) is 2. The molecule has 3 nitrogen and oxygen atoms in total. The van der Waals surface area contributed by atoms with E-state index in [2.05, 4.69) is 0 Å². The fourth-order valence-electron chi connectivity index (χ4n) is 1.32. The smallest absolute Gasteiger partial charge is 0.163 e. The standard InChI is InChI=1S/C11H14O3/c1-8(12)11(14-3)9-4-6-10(13-2)7-5-9/h4-7,11H,1-3H3/t11-/m1/s1. The summed E-state index contributed by atoms with van der Waals surface area (Å²) in [6.07, 6.45) is -0.471. The molecule has 1 aromatic carbocycles. The van der Waals surface area contributed by atoms with E-state index in [9.17, 15) is 4.79 Å². The van der Waals surface area contributed by atoms with E-state index >= 15 is 0 Å². The van der Waals surface area contributed by atoms with Gasteiger partial charge in [0.25, 0.3) is 0 Å². The number of carbonyl (C=O) groups is 1. The van der Waals surface area contributed by atoms with Crippen molar-refractivity contribution in [3.8, 4) is 5.75 Å². The fourth-order valence-corrected chi connectivity index (χ4v) is 1.32. The van der Waals surface area contributed by atoms with E-state index in [1.807, 2.05) is 24.3 Å². The summed E-state index contributed by atoms with van der Waals surface area (Å²) in [6, 6.07) is 7.28. The first-order valence-corrected chi connectivity index (χ1v) is 4.36. The number of methoxy groups -OCH3 is 2. The lowest BCUT2D eigenvalue weighted by Crippen LogP contribution is -2.10. The lowest BCUT2D eigenvalue weighted by Gasteiger charge is -2.12. The van der Waals surface area contributed by atoms with Gasteiger partial charge < -0.3 is 9.47 Å². The largest absolute Gasteiger partial charge is 0.497 e. The van der Waals surface area contributed by atoms with Crippen molar-refractivity contribution in [3.05, 3.63) is 29.8 Å². The highest BCUT2D eigenvalue weighted by atomic mass is 16.5. The van der Waals surface area contributed by atoms with E-state index in [4.69, 9.17) is 9.47 Å². The van der Waals surface area contributed by atoms with Gasteiger partial charge in [-0.2, -0.15) is 0 Å². The molecule has 0 amide bonds. The lowest BCUT2D eigenvalue weighted by molar-refractivity contribution is -0.126. The molecule has 14 heavy (non-hydrogen) atoms. The molecule has 0 N–H and O–H groups in total. The third-order valence-electron chi connectivity index (χ3n) is 2.02. The van der Waals surface area contributed by atoms with Crippen molar-refractivity contribution >= 4 is 5.78 Å². The summed E-state index contributed by atoms with van der Waals surface area (Å²) in [7, 11) is 3.13. The minimum Gasteiger partial charge on any atom is -0.497 e. The van der Waals surface area contributed by atoms with Crippen LogP contribution >= 0.6 is 0 Å². The van der Waals surface area contributed by atoms with Crippen LogP contribution < -0.4 is 4.74 Å². The van der Waals surface area contributed by atoms with Gasteiger partial charge in [-0.25, -0.2) is 0 Å². The van der Waals surface area contributed by atoms with Crippen LogP contribution in [0.5, 0.6) is 5.75 Å². The molecule has 0 spiro atoms. The highest BCUT2D eigenvalue weighted by molar-refractivity contribution is 5.81. The number of hydrogen-bond acceptors (Lipinski definition) is 3. The molecule has 76 valence electrons. The Bertz CT molecular complexity index is 303. The van der Waals surface area contributed by atoms with Gasteiger partial charge in [0.15, 0.2) is 5.78 Å². The van der Waals surface area contributed by atoms with Gasteiger partial charge in [-0.1, -0.05) is 12.1 Å². The average molecular weight is 194 g/mol. The molecule has 0 saturated carbocycles. The Hall–Kier alpha value is -1.35. The van der Waals surface area contributed by atoms with Crippen LogP contribution in [0, 0.1) is 0 Å². The van der Waals surface area contributed by atoms with Crippen molar-refractivity contribution in [3.63, 3.8) is 0 Å². The van der Waals surface area contributed by atoms with Gasteiger partial charge >= 0.3 is 0 Å². The molecule has 0 fully saturated rings. The predicted molar refractivity (Wildman–Crippen MR) is 53.4 cm³/mol. The van der Waals surface area contributed by atoms with Gasteiger partial charge in [0.1, 0.15) is 11.9 Å². The van der Waals surface area contributed by atoms with Crippen molar-refractivity contribution in [2.45, 2.75) is 13.0 Å². The van der Waals surface area contributed by atoms with Gasteiger partial charge in [0.2, 0.25) is 0 Å². The first-order chi connectivity index (χ1) is 6.69. The Balaban J connectivity index is 2.89. The molecule has 1 aromatic rings. The van der Waals surface area contributed by atoms with Crippen LogP contribution in [0.15, 0.2) is 24.3 Å². The number of carbonyl (C=O) groups excluding carboxylic acids is 1. The van der Waals surface area contributed by atoms with Crippen LogP contribution in [0.2, 0.25) is 0 Å². The molecule has 0 radical (unpaired) electrons. The summed E-state index contributed by atoms with van der Waals surface area (Å²) in [5.41, 5.74) is 0.848. The summed E-state index contributed by atoms with van der Waals surface area (Å²) in [4.78, 5) is 11.2. The highest BCUT2D eigenvalue weighted by Gasteiger charge is 2.14. The molecule has 0 aromatic heterocycles. The molecule has 0 aliphatic carbocycles. The number of rotatable bonds is 4. The van der Waals surface area contributed by atoms with Gasteiger partial charge in [-0.05, 0) is 24.6 Å². The van der Waals surface area contributed by atoms with Crippen LogP contribution in [0.25, 0.3) is 0 Å². The van der Waals surface area contributed by atoms with Crippen molar-refractivity contribution in [1.29, 1.82) is 0 Å². The normalized spacial score (nSPS) is 12.2. The highest BCUT2D eigenvalue weighted by Crippen LogP contribution is 2.20. The van der Waals surface area contributed by atoms with Crippen LogP contribution in [0.3, 0.4) is 0 Å². The molecule has 0 saturated heterocycles. The minimum atomic E-state index is -0.471. The molecular formula is C11H14O3. The Labute approximate surface area is 83.6 Å². The van der Waals surface area contributed by atoms with Gasteiger partial charge in [0, 0.05) is 7.11 Å². The molecule has 1 atom stereocenters. The van der Waals surface area contributed by atoms with Crippen molar-refractivity contribution in [1.82, 2.24) is 0 Å². The van der Waals surface area contributed by atoms with Crippen LogP contribution in [0.1, 0.15) is 18.6 Å². The number of ketones is 1. The summed E-state index contributed by atoms with van der Waals surface area (Å²) in [5.74, 6) is 0.768. The summed E-state index contributed by atoms with van der Waals surface area (Å²) < 4.78 is 10.1. The quantitative estimate of drug-likeness (QED) is 0.735. The molecule has 0 aliphatic heterocycles. The lowest BCUT2D eigenvalue weighted by atomic mass is 10.1. The Kier molecular flexibility index (Phi) is 3.65. The maximum atomic E-state index is 11.2. The Morgan fingerprint density at radius 1 is 1.21 bits per heavy atom. The van der Waals surface area contributed by atoms with Gasteiger partial charge in [-0.15, -0.1) is 0 Å². The fraction of sp³-hybridized carbons (Fsp3) is 0.364. The monoisotopic (exact) mass is 194 g/mol. The molecule has 0 heterocycles. The van der Waals surface area contributed by atoms with Crippen molar-refractivity contribution in [2.75, 3.05) is 14.2 Å². The molecule has 1 rings (SSSR count). The zero-order chi connectivity index (χ0) is 10.6. The maximum absolute atomic E-state index is 11.2. The second-order valence-electron chi connectivity index (χ2n) is 3.00. The van der Waals surface area contributed by atoms with Crippen LogP contribution in [0.4, 0.5) is 0 Å². The Morgan fingerprint density at radius 3 is 2.14 bits per heavy atom. The molecule has 0 aliphatic rings. The Morgan fingerprint density at radius 2 is 1.79 bits per heavy atom. The van der Waals surface area contributed by atoms with Crippen molar-refractivity contribution in [2.24, 2.45) is 0 Å². The third kappa shape index (κ3) is 2.33. The zero-order valence-electron chi connectivity index (χ0n) is 8.61. The second kappa shape index (κ2) is 4.77. The van der Waals surface area contributed by atoms with Crippen molar-refractivity contribution < 1.29 is 14.3 Å². The zero-order valence-corrected chi connectivity index (χ0v) is 8.61. The molecule has 0 bridgehead atoms. The van der Waals surface area contributed by atoms with Crippen LogP contribution in [-0.4, -0.2) is 20.0 Å². The first-order valence-electron chi connectivity index (χ1n) is 4.36. The summed E-state index contributed by atoms with van der Waals surface area (Å²) >= 11 is 0. The van der Waals surface area contributed by atoms with E-state index in [-0.39, 0.29) is 5.78 Å². The molecular weight excluding hydrogens is 180 g/mol. The van der Waals surface area contributed by atoms with E-state index in [0.29, 0.717) is 0 Å². The summed E-state index contributed by atoms with van der Waals surface area (Å²) in [6.45, 7) is 1.51. The van der Waals surface area contributed by atoms with Gasteiger partial charge in [-0.3, -0.25) is 4.79 Å². The predicted octanol–water partition coefficient (Wildman–Crippen LogP) is 1.97. The van der Waals surface area contributed by atoms with E-state index in [1.54, 1.807) is 7.11 Å². The van der Waals surface area contributed by atoms with E-state index < -0.39 is 6.10 Å². The third-order valence-corrected chi connectivity index (χ3v) is 2.02. The number of benzene rings is 1. The second-order valence-corrected chi connectivity index (χ2v) is 3.00. The summed E-state index contributed by atoms with van der Waals surface area (Å²) in [5, 5.41) is 0. The number of Topliss-reactive ketones (excluding diaryl/α,β-unsaturated/α-hetero) is 1. The van der Waals surface area contributed by atoms with Gasteiger partial charge in [0.05, 0.1) is 7.11 Å². The maximum Gasteiger partial charge on any atom is 0.163 e. The van der Waals surface area contributed by atoms with E-state index in [1.165, 1.54) is 14.0 Å². The average Bonchev–Trinajstić information content (AvgIpc) is 2.19. The molecule has 3 heteroatoms. The SMILES string of the molecule is COc1ccc([C@H](OC)C(C)=O)cc1. The number of hydrogen-bond donors (Lipinski definition) is 0. The van der Waals surface area contributed by atoms with E-state index in [0.717, 1.165) is 11.3 Å². The van der Waals surface area contributed by atoms with Crippen LogP contribution in [-0.2, 0) is 9.53 Å². The minimum absolute atomic E-state index is 0.00216.